The molecule has 6 fully saturated rings. The van der Waals surface area contributed by atoms with E-state index in [0.717, 1.165) is 58.7 Å². The van der Waals surface area contributed by atoms with Crippen LogP contribution < -0.4 is 21.3 Å². The number of fused-ring (bicyclic) bond motifs is 6. The van der Waals surface area contributed by atoms with Gasteiger partial charge >= 0.3 is 12.2 Å². The molecular weight excluding hydrogens is 761 g/mol. The van der Waals surface area contributed by atoms with Crippen LogP contribution in [0.3, 0.4) is 0 Å². The molecule has 2 amide bonds. The van der Waals surface area contributed by atoms with Crippen molar-refractivity contribution in [2.75, 3.05) is 39.3 Å². The summed E-state index contributed by atoms with van der Waals surface area (Å²) in [7, 11) is 0. The standard InChI is InChI=1S/C15H19NO.2C13H24N2O2.CH3.Pd/c17-15-13-7-4-8-14(15)11-16(10-13)9-12-5-2-1-3-6-12;2*1-13(2,3)17-12(16)15-11-9-5-4-6-10(11)8-14-7-9;;/h1-3,5-6,13-14H,4,7-11H2;2*9-11,14H,4-8H2,1-3H3,(H,15,16);1H3;/q;;;-1;. The van der Waals surface area contributed by atoms with Crippen molar-refractivity contribution in [1.82, 2.24) is 26.2 Å². The van der Waals surface area contributed by atoms with Crippen molar-refractivity contribution >= 4 is 18.0 Å². The van der Waals surface area contributed by atoms with Gasteiger partial charge in [0.15, 0.2) is 0 Å². The Hall–Kier alpha value is -2.03. The molecule has 53 heavy (non-hydrogen) atoms. The maximum absolute atomic E-state index is 12.0. The van der Waals surface area contributed by atoms with Gasteiger partial charge in [0, 0.05) is 64.0 Å². The number of nitrogens with one attached hydrogen (secondary N) is 4. The molecule has 4 N–H and O–H groups in total. The molecule has 3 saturated carbocycles. The van der Waals surface area contributed by atoms with Crippen LogP contribution in [0.25, 0.3) is 0 Å². The van der Waals surface area contributed by atoms with E-state index in [1.165, 1.54) is 50.5 Å². The van der Waals surface area contributed by atoms with Crippen molar-refractivity contribution < 1.29 is 44.3 Å². The van der Waals surface area contributed by atoms with Crippen LogP contribution >= 0.6 is 0 Å². The van der Waals surface area contributed by atoms with Crippen LogP contribution in [0.5, 0.6) is 0 Å². The van der Waals surface area contributed by atoms with E-state index in [9.17, 15) is 14.4 Å². The van der Waals surface area contributed by atoms with Gasteiger partial charge in [-0.15, -0.1) is 0 Å². The average molecular weight is 831 g/mol. The van der Waals surface area contributed by atoms with Crippen molar-refractivity contribution in [3.8, 4) is 0 Å². The van der Waals surface area contributed by atoms with Gasteiger partial charge in [-0.3, -0.25) is 9.69 Å². The number of piperidine rings is 3. The van der Waals surface area contributed by atoms with Gasteiger partial charge in [-0.1, -0.05) is 49.6 Å². The second kappa shape index (κ2) is 20.8. The van der Waals surface area contributed by atoms with Gasteiger partial charge < -0.3 is 38.2 Å². The van der Waals surface area contributed by atoms with E-state index in [0.29, 0.717) is 53.4 Å². The number of hydrogen-bond donors (Lipinski definition) is 4. The molecule has 6 bridgehead atoms. The normalized spacial score (nSPS) is 30.6. The summed E-state index contributed by atoms with van der Waals surface area (Å²) in [5.41, 5.74) is 0.540. The largest absolute Gasteiger partial charge is 0.444 e. The molecule has 0 spiro atoms. The van der Waals surface area contributed by atoms with Crippen molar-refractivity contribution in [2.24, 2.45) is 35.5 Å². The van der Waals surface area contributed by atoms with E-state index >= 15 is 0 Å². The summed E-state index contributed by atoms with van der Waals surface area (Å²) in [5, 5.41) is 13.0. The number of ketones is 1. The molecule has 1 aromatic carbocycles. The molecule has 6 atom stereocenters. The number of likely N-dealkylation sites (tertiary alicyclic amines) is 1. The second-order valence-electron chi connectivity index (χ2n) is 18.0. The summed E-state index contributed by atoms with van der Waals surface area (Å²) in [6, 6.07) is 11.2. The van der Waals surface area contributed by atoms with Crippen LogP contribution in [0.15, 0.2) is 30.3 Å². The first kappa shape index (κ1) is 45.4. The molecule has 0 aromatic heterocycles. The predicted molar refractivity (Wildman–Crippen MR) is 208 cm³/mol. The Morgan fingerprint density at radius 3 is 1.43 bits per heavy atom. The average Bonchev–Trinajstić information content (AvgIpc) is 3.01. The number of ether oxygens (including phenoxy) is 2. The number of carbonyl (C=O) groups excluding carboxylic acids is 3. The maximum Gasteiger partial charge on any atom is 0.407 e. The molecule has 7 rings (SSSR count). The van der Waals surface area contributed by atoms with Gasteiger partial charge in [0.25, 0.3) is 0 Å². The van der Waals surface area contributed by atoms with Crippen molar-refractivity contribution in [3.05, 3.63) is 43.3 Å². The number of nitrogens with zero attached hydrogens (tertiary/aromatic N) is 1. The second-order valence-corrected chi connectivity index (χ2v) is 18.0. The minimum Gasteiger partial charge on any atom is -0.444 e. The Labute approximate surface area is 334 Å². The van der Waals surface area contributed by atoms with E-state index in [1.54, 1.807) is 0 Å². The Morgan fingerprint density at radius 2 is 1.06 bits per heavy atom. The fourth-order valence-electron chi connectivity index (χ4n) is 9.22. The van der Waals surface area contributed by atoms with Crippen molar-refractivity contribution in [1.29, 1.82) is 0 Å². The number of alkyl carbamates (subject to hydrolysis) is 2. The molecular formula is C42H70N5O5Pd-. The Kier molecular flexibility index (Phi) is 17.8. The Morgan fingerprint density at radius 1 is 0.679 bits per heavy atom. The summed E-state index contributed by atoms with van der Waals surface area (Å²) in [6.45, 7) is 18.4. The van der Waals surface area contributed by atoms with Gasteiger partial charge in [0.2, 0.25) is 0 Å². The van der Waals surface area contributed by atoms with Crippen LogP contribution in [0, 0.1) is 42.9 Å². The Bertz CT molecular complexity index is 1170. The third-order valence-corrected chi connectivity index (χ3v) is 11.4. The molecule has 3 aliphatic carbocycles. The van der Waals surface area contributed by atoms with Gasteiger partial charge in [0.1, 0.15) is 17.0 Å². The molecule has 11 heteroatoms. The molecule has 3 heterocycles. The predicted octanol–water partition coefficient (Wildman–Crippen LogP) is 6.73. The zero-order valence-electron chi connectivity index (χ0n) is 33.6. The minimum absolute atomic E-state index is 0. The van der Waals surface area contributed by atoms with E-state index in [2.05, 4.69) is 56.5 Å². The zero-order chi connectivity index (χ0) is 36.6. The van der Waals surface area contributed by atoms with Gasteiger partial charge in [-0.2, -0.15) is 0 Å². The van der Waals surface area contributed by atoms with Crippen LogP contribution in [0.2, 0.25) is 0 Å². The summed E-state index contributed by atoms with van der Waals surface area (Å²) in [5.74, 6) is 3.51. The van der Waals surface area contributed by atoms with Gasteiger partial charge in [-0.25, -0.2) is 9.59 Å². The first-order valence-corrected chi connectivity index (χ1v) is 19.9. The van der Waals surface area contributed by atoms with Crippen LogP contribution in [0.4, 0.5) is 9.59 Å². The van der Waals surface area contributed by atoms with Gasteiger partial charge in [-0.05, 0) is 135 Å². The molecule has 3 aliphatic heterocycles. The molecule has 0 radical (unpaired) electrons. The first-order valence-electron chi connectivity index (χ1n) is 19.9. The van der Waals surface area contributed by atoms with Crippen LogP contribution in [0.1, 0.15) is 105 Å². The van der Waals surface area contributed by atoms with E-state index in [4.69, 9.17) is 9.47 Å². The SMILES string of the molecule is CC(C)(C)OC(=O)NC1C2CCCC1CNC2.CC(C)(C)OC(=O)NC1C2CCCC1CNC2.O=C1C2CCCC1CN(Cc1ccccc1)C2.[CH3-].[Pd]. The third-order valence-electron chi connectivity index (χ3n) is 11.4. The fraction of sp³-hybridized carbons (Fsp3) is 0.762. The monoisotopic (exact) mass is 830 g/mol. The van der Waals surface area contributed by atoms with E-state index in [1.807, 2.05) is 41.5 Å². The fourth-order valence-corrected chi connectivity index (χ4v) is 9.22. The number of benzene rings is 1. The maximum atomic E-state index is 12.0. The summed E-state index contributed by atoms with van der Waals surface area (Å²) >= 11 is 0. The molecule has 6 unspecified atom stereocenters. The quantitative estimate of drug-likeness (QED) is 0.195. The number of Topliss-reactive ketones (excluding diaryl/α,β-unsaturated/α-hetero) is 1. The van der Waals surface area contributed by atoms with Gasteiger partial charge in [0.05, 0.1) is 0 Å². The summed E-state index contributed by atoms with van der Waals surface area (Å²) in [4.78, 5) is 38.1. The van der Waals surface area contributed by atoms with E-state index in [-0.39, 0.29) is 40.0 Å². The third kappa shape index (κ3) is 14.2. The summed E-state index contributed by atoms with van der Waals surface area (Å²) in [6.07, 6.45) is 10.4. The number of amides is 2. The molecule has 304 valence electrons. The van der Waals surface area contributed by atoms with Crippen LogP contribution in [-0.2, 0) is 41.2 Å². The number of rotatable bonds is 4. The molecule has 6 aliphatic rings. The van der Waals surface area contributed by atoms with E-state index < -0.39 is 11.2 Å². The number of carbonyl (C=O) groups is 3. The van der Waals surface area contributed by atoms with Crippen LogP contribution in [-0.4, -0.2) is 85.4 Å². The number of hydrogen-bond acceptors (Lipinski definition) is 8. The first-order chi connectivity index (χ1) is 24.2. The molecule has 1 aromatic rings. The van der Waals surface area contributed by atoms with Crippen molar-refractivity contribution in [2.45, 2.75) is 129 Å². The Balaban J connectivity index is 0.000000210. The zero-order valence-corrected chi connectivity index (χ0v) is 35.2. The smallest absolute Gasteiger partial charge is 0.407 e. The summed E-state index contributed by atoms with van der Waals surface area (Å²) < 4.78 is 10.7. The minimum atomic E-state index is -0.411. The van der Waals surface area contributed by atoms with Crippen molar-refractivity contribution in [3.63, 3.8) is 0 Å². The molecule has 3 saturated heterocycles. The topological polar surface area (TPSA) is 121 Å². The molecule has 10 nitrogen and oxygen atoms in total.